The van der Waals surface area contributed by atoms with Gasteiger partial charge in [-0.15, -0.1) is 0 Å². The Morgan fingerprint density at radius 1 is 0.935 bits per heavy atom. The number of carbonyl (C=O) groups is 7. The van der Waals surface area contributed by atoms with Crippen LogP contribution in [-0.4, -0.2) is 144 Å². The molecule has 15 atom stereocenters. The lowest BCUT2D eigenvalue weighted by molar-refractivity contribution is -0.387. The molecule has 5 fully saturated rings. The molecule has 0 spiro atoms. The van der Waals surface area contributed by atoms with E-state index in [1.165, 1.54) is 37.3 Å². The lowest BCUT2D eigenvalue weighted by atomic mass is 9.44. The zero-order valence-corrected chi connectivity index (χ0v) is 42.8. The van der Waals surface area contributed by atoms with E-state index in [1.54, 1.807) is 13.8 Å². The number of nitro groups is 1. The summed E-state index contributed by atoms with van der Waals surface area (Å²) in [5.74, 6) is -8.47. The minimum atomic E-state index is -2.49. The van der Waals surface area contributed by atoms with E-state index in [-0.39, 0.29) is 36.1 Å². The molecule has 0 aromatic heterocycles. The van der Waals surface area contributed by atoms with E-state index in [0.29, 0.717) is 0 Å². The van der Waals surface area contributed by atoms with E-state index in [4.69, 9.17) is 47.4 Å². The van der Waals surface area contributed by atoms with Gasteiger partial charge in [-0.25, -0.2) is 22.8 Å². The van der Waals surface area contributed by atoms with Crippen molar-refractivity contribution in [2.45, 2.75) is 134 Å². The fourth-order valence-corrected chi connectivity index (χ4v) is 12.3. The number of hydrogen-bond donors (Lipinski definition) is 1. The van der Waals surface area contributed by atoms with Gasteiger partial charge in [0.15, 0.2) is 53.2 Å². The SMILES string of the molecule is CCN(COCC(=O)[C@@]12O[C@H](c3cccc(F)c3)O[C@@H]1C[C@H]1[C@@H]3C[C@H](F)C4=CC(=O)C=C[C@]4(C)[C@@]3(F)[C@@H](O)C[C@@]12C)C(=O)OCc1ccc(O[C@@H]2O[C@H](C(=O)OC)[C@@H](OC(C)=O)[C@H](OC(C)=O)[C@H]2OC(C)=O)c([N+](=O)[O-])c1. The van der Waals surface area contributed by atoms with Crippen LogP contribution in [0.15, 0.2) is 66.3 Å². The van der Waals surface area contributed by atoms with Gasteiger partial charge < -0.3 is 52.5 Å². The van der Waals surface area contributed by atoms with Crippen molar-refractivity contribution in [1.29, 1.82) is 0 Å². The number of halogens is 3. The second-order valence-electron chi connectivity index (χ2n) is 20.1. The highest BCUT2D eigenvalue weighted by atomic mass is 19.1. The number of ketones is 2. The van der Waals surface area contributed by atoms with Crippen LogP contribution in [0, 0.1) is 38.6 Å². The predicted octanol–water partition coefficient (Wildman–Crippen LogP) is 5.09. The van der Waals surface area contributed by atoms with Crippen LogP contribution in [-0.2, 0) is 78.0 Å². The van der Waals surface area contributed by atoms with E-state index in [2.05, 4.69) is 0 Å². The molecule has 416 valence electrons. The Hall–Kier alpha value is -6.80. The number of hydrogen-bond acceptors (Lipinski definition) is 20. The molecule has 6 aliphatic rings. The number of fused-ring (bicyclic) bond motifs is 7. The van der Waals surface area contributed by atoms with Crippen LogP contribution in [0.5, 0.6) is 5.75 Å². The molecule has 2 heterocycles. The molecule has 2 aromatic rings. The highest BCUT2D eigenvalue weighted by Crippen LogP contribution is 2.72. The minimum absolute atomic E-state index is 0.0338. The summed E-state index contributed by atoms with van der Waals surface area (Å²) in [5.41, 5.74) is -8.18. The van der Waals surface area contributed by atoms with Gasteiger partial charge in [0.05, 0.1) is 24.2 Å². The zero-order chi connectivity index (χ0) is 56.1. The van der Waals surface area contributed by atoms with Crippen molar-refractivity contribution in [2.24, 2.45) is 22.7 Å². The van der Waals surface area contributed by atoms with E-state index >= 15 is 8.78 Å². The van der Waals surface area contributed by atoms with Gasteiger partial charge in [-0.1, -0.05) is 31.2 Å². The van der Waals surface area contributed by atoms with E-state index in [9.17, 15) is 53.2 Å². The van der Waals surface area contributed by atoms with Crippen LogP contribution in [0.3, 0.4) is 0 Å². The molecular formula is C52H57F3N2O20. The number of allylic oxidation sites excluding steroid dienone is 4. The number of Topliss-reactive ketones (excluding diaryl/α,β-unsaturated/α-hetero) is 1. The van der Waals surface area contributed by atoms with Gasteiger partial charge in [0.2, 0.25) is 12.4 Å². The maximum absolute atomic E-state index is 18.0. The summed E-state index contributed by atoms with van der Waals surface area (Å²) in [6.45, 7) is 5.65. The normalized spacial score (nSPS) is 34.7. The highest BCUT2D eigenvalue weighted by molar-refractivity contribution is 6.01. The molecule has 3 saturated carbocycles. The van der Waals surface area contributed by atoms with Gasteiger partial charge in [-0.05, 0) is 80.5 Å². The molecule has 0 unspecified atom stereocenters. The second kappa shape index (κ2) is 21.6. The molecule has 1 amide bonds. The van der Waals surface area contributed by atoms with Crippen LogP contribution in [0.2, 0.25) is 0 Å². The van der Waals surface area contributed by atoms with Gasteiger partial charge in [-0.3, -0.25) is 39.0 Å². The average molecular weight is 1090 g/mol. The lowest BCUT2D eigenvalue weighted by Gasteiger charge is -2.63. The van der Waals surface area contributed by atoms with Crippen molar-refractivity contribution in [3.8, 4) is 5.75 Å². The number of methoxy groups -OCH3 is 1. The number of aliphatic hydroxyl groups excluding tert-OH is 1. The Labute approximate surface area is 438 Å². The third kappa shape index (κ3) is 9.95. The Morgan fingerprint density at radius 3 is 2.27 bits per heavy atom. The molecule has 4 aliphatic carbocycles. The van der Waals surface area contributed by atoms with E-state index in [0.717, 1.165) is 63.1 Å². The number of alkyl halides is 2. The van der Waals surface area contributed by atoms with Crippen molar-refractivity contribution >= 4 is 47.2 Å². The summed E-state index contributed by atoms with van der Waals surface area (Å²) in [5, 5.41) is 24.4. The summed E-state index contributed by atoms with van der Waals surface area (Å²) in [7, 11) is 0.973. The summed E-state index contributed by atoms with van der Waals surface area (Å²) < 4.78 is 105. The standard InChI is InChI=1S/C52H57F3N2O20/c1-8-56(48(65)70-22-28-12-13-37(36(16-28)57(66)67)74-47-44(73-27(4)60)42(72-26(3)59)41(71-25(2)58)43(76-47)45(64)68-7)24-69-23-39(63)52-40(75-46(77-52)29-10-9-11-30(53)17-29)20-32-33-19-35(54)34-18-31(61)14-15-49(34,5)51(33,55)38(62)21-50(32,52)6/h9-18,32-33,35,38,40-44,46-47,62H,8,19-24H2,1-7H3/t32-,33-,35-,38-,40+,41-,42-,43-,44+,46+,47+,49-,50-,51-,52+/m0/s1. The Bertz CT molecular complexity index is 2790. The number of nitrogens with zero attached hydrogens (tertiary/aromatic N) is 2. The number of rotatable bonds is 16. The third-order valence-corrected chi connectivity index (χ3v) is 15.7. The number of amides is 1. The number of benzene rings is 2. The molecule has 77 heavy (non-hydrogen) atoms. The molecular weight excluding hydrogens is 1030 g/mol. The monoisotopic (exact) mass is 1090 g/mol. The summed E-state index contributed by atoms with van der Waals surface area (Å²) in [4.78, 5) is 103. The van der Waals surface area contributed by atoms with Crippen molar-refractivity contribution in [3.05, 3.63) is 93.3 Å². The molecule has 0 bridgehead atoms. The fourth-order valence-electron chi connectivity index (χ4n) is 12.3. The first-order valence-corrected chi connectivity index (χ1v) is 24.6. The summed E-state index contributed by atoms with van der Waals surface area (Å²) >= 11 is 0. The van der Waals surface area contributed by atoms with Crippen LogP contribution in [0.1, 0.15) is 78.2 Å². The molecule has 22 nitrogen and oxygen atoms in total. The first-order chi connectivity index (χ1) is 36.3. The molecule has 2 aliphatic heterocycles. The lowest BCUT2D eigenvalue weighted by Crippen LogP contribution is -2.70. The highest BCUT2D eigenvalue weighted by Gasteiger charge is 2.80. The van der Waals surface area contributed by atoms with Gasteiger partial charge in [-0.2, -0.15) is 0 Å². The maximum atomic E-state index is 18.0. The van der Waals surface area contributed by atoms with Crippen LogP contribution >= 0.6 is 0 Å². The Balaban J connectivity index is 0.976. The van der Waals surface area contributed by atoms with Crippen LogP contribution < -0.4 is 4.74 Å². The number of carbonyl (C=O) groups excluding carboxylic acids is 7. The van der Waals surface area contributed by atoms with Crippen molar-refractivity contribution in [1.82, 2.24) is 4.90 Å². The number of aliphatic hydroxyl groups is 1. The van der Waals surface area contributed by atoms with Crippen molar-refractivity contribution < 1.29 is 104 Å². The number of nitro benzene ring substituents is 1. The van der Waals surface area contributed by atoms with Crippen molar-refractivity contribution in [3.63, 3.8) is 0 Å². The Kier molecular flexibility index (Phi) is 15.8. The summed E-state index contributed by atoms with van der Waals surface area (Å²) in [6, 6.07) is 8.64. The molecule has 1 N–H and O–H groups in total. The third-order valence-electron chi connectivity index (χ3n) is 15.7. The summed E-state index contributed by atoms with van der Waals surface area (Å²) in [6.07, 6.45) is -13.4. The maximum Gasteiger partial charge on any atom is 0.411 e. The van der Waals surface area contributed by atoms with Gasteiger partial charge in [0.25, 0.3) is 0 Å². The zero-order valence-electron chi connectivity index (χ0n) is 42.8. The van der Waals surface area contributed by atoms with Crippen LogP contribution in [0.25, 0.3) is 0 Å². The second-order valence-corrected chi connectivity index (χ2v) is 20.1. The first kappa shape index (κ1) is 56.4. The smallest absolute Gasteiger partial charge is 0.411 e. The van der Waals surface area contributed by atoms with Gasteiger partial charge in [0, 0.05) is 55.7 Å². The van der Waals surface area contributed by atoms with Gasteiger partial charge in [0.1, 0.15) is 31.9 Å². The number of ether oxygens (including phenoxy) is 10. The quantitative estimate of drug-likeness (QED) is 0.0753. The number of esters is 4. The molecule has 0 radical (unpaired) electrons. The Morgan fingerprint density at radius 2 is 1.62 bits per heavy atom. The molecule has 2 saturated heterocycles. The molecule has 2 aromatic carbocycles. The van der Waals surface area contributed by atoms with E-state index in [1.807, 2.05) is 0 Å². The van der Waals surface area contributed by atoms with Crippen molar-refractivity contribution in [2.75, 3.05) is 27.0 Å². The topological polar surface area (TPSA) is 278 Å². The predicted molar refractivity (Wildman–Crippen MR) is 251 cm³/mol. The van der Waals surface area contributed by atoms with Crippen LogP contribution in [0.4, 0.5) is 23.7 Å². The molecule has 25 heteroatoms. The molecule has 8 rings (SSSR count). The average Bonchev–Trinajstić information content (AvgIpc) is 3.87. The minimum Gasteiger partial charge on any atom is -0.467 e. The van der Waals surface area contributed by atoms with E-state index < -0.39 is 179 Å². The first-order valence-electron chi connectivity index (χ1n) is 24.6. The largest absolute Gasteiger partial charge is 0.467 e. The fraction of sp³-hybridized carbons (Fsp3) is 0.558. The van der Waals surface area contributed by atoms with Gasteiger partial charge >= 0.3 is 35.7 Å².